The number of likely N-dealkylation sites (N-methyl/N-ethyl adjacent to an activating group) is 1. The number of ketones is 1. The number of aromatic nitrogens is 2. The smallest absolute Gasteiger partial charge is 0.278 e. The van der Waals surface area contributed by atoms with Crippen LogP contribution in [0.1, 0.15) is 23.2 Å². The van der Waals surface area contributed by atoms with Crippen molar-refractivity contribution >= 4 is 40.9 Å². The predicted molar refractivity (Wildman–Crippen MR) is 120 cm³/mol. The van der Waals surface area contributed by atoms with Crippen LogP contribution in [-0.4, -0.2) is 66.5 Å². The molecule has 1 aliphatic rings. The summed E-state index contributed by atoms with van der Waals surface area (Å²) >= 11 is 0. The van der Waals surface area contributed by atoms with Gasteiger partial charge in [0.15, 0.2) is 11.6 Å². The van der Waals surface area contributed by atoms with Crippen LogP contribution in [0.3, 0.4) is 0 Å². The molecule has 0 saturated heterocycles. The fourth-order valence-electron chi connectivity index (χ4n) is 3.57. The average Bonchev–Trinajstić information content (AvgIpc) is 2.78. The molecule has 0 aliphatic carbocycles. The molecule has 1 aromatic heterocycles. The van der Waals surface area contributed by atoms with E-state index in [0.29, 0.717) is 30.2 Å². The number of nitrogens with zero attached hydrogens (tertiary/aromatic N) is 2. The molecular weight excluding hydrogens is 446 g/mol. The molecule has 1 aliphatic heterocycles. The lowest BCUT2D eigenvalue weighted by atomic mass is 10.1. The number of Topliss-reactive ketones (excluding diaryl/α,β-unsaturated/α-hetero) is 1. The Labute approximate surface area is 194 Å². The third-order valence-corrected chi connectivity index (χ3v) is 5.50. The number of hydrogen-bond donors (Lipinski definition) is 5. The summed E-state index contributed by atoms with van der Waals surface area (Å²) in [6, 6.07) is 5.27. The summed E-state index contributed by atoms with van der Waals surface area (Å²) in [6.45, 7) is 0.739. The van der Waals surface area contributed by atoms with Gasteiger partial charge in [-0.15, -0.1) is 0 Å². The molecule has 182 valence electrons. The Balaban J connectivity index is 1.53. The number of nitrogens with two attached hydrogens (primary N) is 1. The summed E-state index contributed by atoms with van der Waals surface area (Å²) in [5.41, 5.74) is 6.75. The lowest BCUT2D eigenvalue weighted by Gasteiger charge is -2.35. The number of nitrogen functional groups attached to an aromatic ring is 1. The Morgan fingerprint density at radius 3 is 2.62 bits per heavy atom. The normalized spacial score (nSPS) is 15.7. The summed E-state index contributed by atoms with van der Waals surface area (Å²) in [5.74, 6) is -2.75. The Bertz CT molecular complexity index is 1120. The van der Waals surface area contributed by atoms with Crippen molar-refractivity contribution < 1.29 is 24.6 Å². The zero-order valence-corrected chi connectivity index (χ0v) is 18.4. The zero-order chi connectivity index (χ0) is 24.8. The Morgan fingerprint density at radius 2 is 1.97 bits per heavy atom. The maximum Gasteiger partial charge on any atom is 0.278 e. The van der Waals surface area contributed by atoms with Crippen LogP contribution in [0.2, 0.25) is 0 Å². The first-order chi connectivity index (χ1) is 16.2. The average molecular weight is 471 g/mol. The third-order valence-electron chi connectivity index (χ3n) is 5.50. The molecule has 2 aromatic rings. The molecule has 0 spiro atoms. The van der Waals surface area contributed by atoms with Gasteiger partial charge in [-0.05, 0) is 37.1 Å². The van der Waals surface area contributed by atoms with E-state index >= 15 is 0 Å². The van der Waals surface area contributed by atoms with Crippen molar-refractivity contribution in [2.45, 2.75) is 24.9 Å². The maximum atomic E-state index is 12.4. The van der Waals surface area contributed by atoms with Gasteiger partial charge < -0.3 is 46.4 Å². The van der Waals surface area contributed by atoms with E-state index in [0.717, 1.165) is 5.69 Å². The Kier molecular flexibility index (Phi) is 7.68. The topological polar surface area (TPSA) is 208 Å². The number of hydrogen-bond acceptors (Lipinski definition) is 12. The van der Waals surface area contributed by atoms with Crippen LogP contribution in [0.5, 0.6) is 0 Å². The van der Waals surface area contributed by atoms with E-state index in [1.807, 2.05) is 4.90 Å². The molecular formula is C21H25N7O6-2. The summed E-state index contributed by atoms with van der Waals surface area (Å²) in [4.78, 5) is 54.6. The van der Waals surface area contributed by atoms with Crippen LogP contribution >= 0.6 is 0 Å². The number of rotatable bonds is 11. The second-order valence-electron chi connectivity index (χ2n) is 7.84. The Morgan fingerprint density at radius 1 is 1.26 bits per heavy atom. The molecule has 34 heavy (non-hydrogen) atoms. The molecule has 0 bridgehead atoms. The van der Waals surface area contributed by atoms with E-state index in [1.165, 1.54) is 0 Å². The van der Waals surface area contributed by atoms with Gasteiger partial charge in [0.2, 0.25) is 5.95 Å². The van der Waals surface area contributed by atoms with E-state index in [9.17, 15) is 29.4 Å². The number of nitrogens with one attached hydrogen (secondary N) is 4. The largest absolute Gasteiger partial charge is 0.550 e. The molecule has 2 heterocycles. The maximum absolute atomic E-state index is 12.4. The molecule has 0 saturated carbocycles. The van der Waals surface area contributed by atoms with Gasteiger partial charge in [0.05, 0.1) is 18.6 Å². The van der Waals surface area contributed by atoms with Crippen molar-refractivity contribution in [3.63, 3.8) is 0 Å². The number of H-pyrrole nitrogens is 1. The lowest BCUT2D eigenvalue weighted by molar-refractivity contribution is -0.310. The first-order valence-electron chi connectivity index (χ1n) is 10.5. The van der Waals surface area contributed by atoms with E-state index < -0.39 is 24.4 Å². The molecule has 13 heteroatoms. The zero-order valence-electron chi connectivity index (χ0n) is 18.4. The van der Waals surface area contributed by atoms with E-state index in [-0.39, 0.29) is 36.3 Å². The SMILES string of the molecule is CN1c2c(nc(N)[nH]c2=O)NC[C@@H]1CNc1ccc(C(=O)CNC(CCC(=O)[O-])C(=O)[O-])cc1. The molecule has 0 radical (unpaired) electrons. The van der Waals surface area contributed by atoms with E-state index in [4.69, 9.17) is 5.73 Å². The molecule has 6 N–H and O–H groups in total. The molecule has 0 amide bonds. The van der Waals surface area contributed by atoms with Crippen LogP contribution in [0, 0.1) is 0 Å². The fourth-order valence-corrected chi connectivity index (χ4v) is 3.57. The van der Waals surface area contributed by atoms with Gasteiger partial charge in [0.1, 0.15) is 5.69 Å². The van der Waals surface area contributed by atoms with Crippen LogP contribution in [0.25, 0.3) is 0 Å². The fraction of sp³-hybridized carbons (Fsp3) is 0.381. The van der Waals surface area contributed by atoms with E-state index in [1.54, 1.807) is 31.3 Å². The second-order valence-corrected chi connectivity index (χ2v) is 7.84. The van der Waals surface area contributed by atoms with Crippen molar-refractivity contribution in [1.29, 1.82) is 0 Å². The number of fused-ring (bicyclic) bond motifs is 1. The van der Waals surface area contributed by atoms with Crippen LogP contribution in [-0.2, 0) is 9.59 Å². The van der Waals surface area contributed by atoms with Crippen LogP contribution in [0.15, 0.2) is 29.1 Å². The van der Waals surface area contributed by atoms with Crippen molar-refractivity contribution in [2.24, 2.45) is 0 Å². The molecule has 2 atom stereocenters. The van der Waals surface area contributed by atoms with Gasteiger partial charge in [-0.1, -0.05) is 0 Å². The Hall–Kier alpha value is -4.13. The predicted octanol–water partition coefficient (Wildman–Crippen LogP) is -2.88. The number of anilines is 4. The van der Waals surface area contributed by atoms with Crippen LogP contribution < -0.4 is 42.4 Å². The van der Waals surface area contributed by atoms with Gasteiger partial charge in [-0.3, -0.25) is 14.6 Å². The van der Waals surface area contributed by atoms with Crippen LogP contribution in [0.4, 0.5) is 23.1 Å². The highest BCUT2D eigenvalue weighted by molar-refractivity contribution is 5.98. The number of carboxylic acids is 2. The summed E-state index contributed by atoms with van der Waals surface area (Å²) in [6.07, 6.45) is -0.707. The minimum Gasteiger partial charge on any atom is -0.550 e. The van der Waals surface area contributed by atoms with Gasteiger partial charge in [-0.25, -0.2) is 0 Å². The summed E-state index contributed by atoms with van der Waals surface area (Å²) < 4.78 is 0. The molecule has 1 aromatic carbocycles. The third kappa shape index (κ3) is 6.01. The number of carbonyl (C=O) groups is 3. The van der Waals surface area contributed by atoms with Gasteiger partial charge in [0, 0.05) is 43.4 Å². The van der Waals surface area contributed by atoms with Crippen molar-refractivity contribution in [3.8, 4) is 0 Å². The first kappa shape index (κ1) is 24.5. The highest BCUT2D eigenvalue weighted by atomic mass is 16.4. The lowest BCUT2D eigenvalue weighted by Crippen LogP contribution is -2.48. The van der Waals surface area contributed by atoms with Gasteiger partial charge in [-0.2, -0.15) is 4.98 Å². The molecule has 3 rings (SSSR count). The molecule has 0 fully saturated rings. The van der Waals surface area contributed by atoms with Crippen molar-refractivity contribution in [3.05, 3.63) is 40.2 Å². The minimum atomic E-state index is -1.49. The summed E-state index contributed by atoms with van der Waals surface area (Å²) in [7, 11) is 1.79. The quantitative estimate of drug-likeness (QED) is 0.209. The molecule has 1 unspecified atom stereocenters. The molecule has 13 nitrogen and oxygen atoms in total. The highest BCUT2D eigenvalue weighted by Crippen LogP contribution is 2.25. The number of aliphatic carboxylic acids is 2. The number of carbonyl (C=O) groups excluding carboxylic acids is 3. The van der Waals surface area contributed by atoms with Crippen molar-refractivity contribution in [1.82, 2.24) is 15.3 Å². The number of aromatic amines is 1. The second kappa shape index (κ2) is 10.7. The first-order valence-corrected chi connectivity index (χ1v) is 10.5. The highest BCUT2D eigenvalue weighted by Gasteiger charge is 2.27. The minimum absolute atomic E-state index is 0.0405. The summed E-state index contributed by atoms with van der Waals surface area (Å²) in [5, 5.41) is 30.5. The number of benzene rings is 1. The van der Waals surface area contributed by atoms with Gasteiger partial charge >= 0.3 is 0 Å². The number of carboxylic acid groups (broad SMARTS) is 2. The van der Waals surface area contributed by atoms with E-state index in [2.05, 4.69) is 25.9 Å². The standard InChI is InChI=1S/C21H27N7O6/c1-28-13(9-25-18-17(28)19(32)27-21(22)26-18)8-23-12-4-2-11(3-5-12)15(29)10-24-14(20(33)34)6-7-16(30)31/h2-5,13-14,23-24H,6-10H2,1H3,(H,30,31)(H,33,34)(H4,22,25,26,27,32)/p-2/t13-,14?/m0/s1. The van der Waals surface area contributed by atoms with Gasteiger partial charge in [0.25, 0.3) is 5.56 Å². The monoisotopic (exact) mass is 471 g/mol. The van der Waals surface area contributed by atoms with Crippen molar-refractivity contribution in [2.75, 3.05) is 47.9 Å².